The van der Waals surface area contributed by atoms with Crippen molar-refractivity contribution in [3.8, 4) is 0 Å². The number of rotatable bonds is 8. The van der Waals surface area contributed by atoms with Crippen molar-refractivity contribution in [2.75, 3.05) is 18.6 Å². The summed E-state index contributed by atoms with van der Waals surface area (Å²) in [6, 6.07) is 0.797. The summed E-state index contributed by atoms with van der Waals surface area (Å²) >= 11 is 2.18. The molecule has 4 N–H and O–H groups in total. The van der Waals surface area contributed by atoms with Crippen LogP contribution in [-0.2, 0) is 32.4 Å². The van der Waals surface area contributed by atoms with Gasteiger partial charge in [0, 0.05) is 34.6 Å². The largest absolute Gasteiger partial charge is 0.543 e. The Morgan fingerprint density at radius 1 is 1.43 bits per heavy atom. The number of anilines is 1. The van der Waals surface area contributed by atoms with Gasteiger partial charge in [-0.2, -0.15) is 13.9 Å². The Balaban J connectivity index is 1.36. The minimum atomic E-state index is -1.48. The van der Waals surface area contributed by atoms with E-state index in [1.807, 2.05) is 10.6 Å². The van der Waals surface area contributed by atoms with E-state index in [1.165, 1.54) is 18.9 Å². The fourth-order valence-electron chi connectivity index (χ4n) is 4.20. The Morgan fingerprint density at radius 2 is 2.24 bits per heavy atom. The molecule has 0 spiro atoms. The summed E-state index contributed by atoms with van der Waals surface area (Å²) in [6.45, 7) is 0.0566. The first-order valence-corrected chi connectivity index (χ1v) is 12.6. The molecule has 192 valence electrons. The van der Waals surface area contributed by atoms with Gasteiger partial charge in [-0.15, -0.1) is 11.8 Å². The smallest absolute Gasteiger partial charge is 0.278 e. The molecule has 0 aliphatic carbocycles. The van der Waals surface area contributed by atoms with Crippen molar-refractivity contribution in [2.24, 2.45) is 5.16 Å². The number of carboxylic acids is 1. The van der Waals surface area contributed by atoms with Crippen LogP contribution in [-0.4, -0.2) is 71.5 Å². The molecule has 0 unspecified atom stereocenters. The second-order valence-corrected chi connectivity index (χ2v) is 9.96. The zero-order valence-electron chi connectivity index (χ0n) is 19.2. The van der Waals surface area contributed by atoms with Crippen LogP contribution in [0, 0.1) is 0 Å². The molecule has 37 heavy (non-hydrogen) atoms. The van der Waals surface area contributed by atoms with Crippen molar-refractivity contribution in [3.63, 3.8) is 0 Å². The standard InChI is InChI=1S/C21H20N8O6S2/c1-35-25-13(16-24-21(22)37-26-16)17(31)23-14-18(32)29-15(20(33)34)11(9-36-19(14)29)6-27-4-5-28-3-2-10(8-30)12(28)7-27/h2-5,7,14,19,30H,6,8-9H2,1H3,(H3-,22,23,24,26,31,33,34)/b25-13-/t14-,19+/m1/s1. The lowest BCUT2D eigenvalue weighted by atomic mass is 10.0. The van der Waals surface area contributed by atoms with E-state index in [0.29, 0.717) is 11.3 Å². The minimum absolute atomic E-state index is 0.0549. The number of hydrogen-bond donors (Lipinski definition) is 3. The van der Waals surface area contributed by atoms with Gasteiger partial charge >= 0.3 is 0 Å². The number of carbonyl (C=O) groups is 3. The van der Waals surface area contributed by atoms with Gasteiger partial charge in [-0.1, -0.05) is 5.16 Å². The van der Waals surface area contributed by atoms with Gasteiger partial charge in [0.25, 0.3) is 11.8 Å². The van der Waals surface area contributed by atoms with Crippen molar-refractivity contribution >= 4 is 57.4 Å². The van der Waals surface area contributed by atoms with E-state index >= 15 is 0 Å². The number of aromatic nitrogens is 4. The van der Waals surface area contributed by atoms with Crippen LogP contribution in [0.15, 0.2) is 47.3 Å². The number of aliphatic hydroxyl groups is 1. The average molecular weight is 545 g/mol. The summed E-state index contributed by atoms with van der Waals surface area (Å²) in [5, 5.41) is 27.3. The molecule has 16 heteroatoms. The number of thioether (sulfide) groups is 1. The highest BCUT2D eigenvalue weighted by Gasteiger charge is 2.53. The SMILES string of the molecule is CO/N=C(\C(=O)N[C@@H]1C(=O)N2C(C(=O)[O-])=C(C[n+]3ccn4ccc(CO)c4c3)CS[C@@H]12)c1nsc(N)n1. The number of carbonyl (C=O) groups excluding carboxylic acids is 3. The van der Waals surface area contributed by atoms with E-state index < -0.39 is 29.2 Å². The molecule has 2 aliphatic heterocycles. The zero-order chi connectivity index (χ0) is 26.3. The van der Waals surface area contributed by atoms with Gasteiger partial charge in [0.1, 0.15) is 24.0 Å². The van der Waals surface area contributed by atoms with Crippen molar-refractivity contribution in [3.05, 3.63) is 53.5 Å². The molecule has 0 aromatic carbocycles. The molecule has 0 bridgehead atoms. The fourth-order valence-corrected chi connectivity index (χ4v) is 5.97. The number of nitrogens with two attached hydrogens (primary N) is 1. The Morgan fingerprint density at radius 3 is 2.92 bits per heavy atom. The van der Waals surface area contributed by atoms with E-state index in [0.717, 1.165) is 27.5 Å². The van der Waals surface area contributed by atoms with E-state index in [9.17, 15) is 24.6 Å². The monoisotopic (exact) mass is 544 g/mol. The molecule has 2 atom stereocenters. The van der Waals surface area contributed by atoms with Gasteiger partial charge in [-0.3, -0.25) is 14.5 Å². The maximum Gasteiger partial charge on any atom is 0.278 e. The molecule has 1 saturated heterocycles. The number of amides is 2. The first-order valence-electron chi connectivity index (χ1n) is 10.8. The molecule has 2 aliphatic rings. The maximum absolute atomic E-state index is 13.0. The highest BCUT2D eigenvalue weighted by molar-refractivity contribution is 8.00. The Kier molecular flexibility index (Phi) is 6.53. The normalized spacial score (nSPS) is 19.6. The van der Waals surface area contributed by atoms with E-state index in [1.54, 1.807) is 29.2 Å². The average Bonchev–Trinajstić information content (AvgIpc) is 3.50. The van der Waals surface area contributed by atoms with E-state index in [2.05, 4.69) is 19.8 Å². The lowest BCUT2D eigenvalue weighted by Crippen LogP contribution is -2.71. The molecule has 3 aromatic heterocycles. The van der Waals surface area contributed by atoms with Crippen molar-refractivity contribution in [2.45, 2.75) is 24.6 Å². The molecule has 2 amide bonds. The number of nitrogens with zero attached hydrogens (tertiary/aromatic N) is 6. The zero-order valence-corrected chi connectivity index (χ0v) is 20.9. The second kappa shape index (κ2) is 9.79. The lowest BCUT2D eigenvalue weighted by Gasteiger charge is -2.50. The van der Waals surface area contributed by atoms with Crippen LogP contribution in [0.1, 0.15) is 11.4 Å². The van der Waals surface area contributed by atoms with Gasteiger partial charge in [0.2, 0.25) is 11.5 Å². The molecule has 0 radical (unpaired) electrons. The van der Waals surface area contributed by atoms with Gasteiger partial charge in [-0.25, -0.2) is 0 Å². The van der Waals surface area contributed by atoms with Crippen LogP contribution in [0.5, 0.6) is 0 Å². The lowest BCUT2D eigenvalue weighted by molar-refractivity contribution is -0.688. The summed E-state index contributed by atoms with van der Waals surface area (Å²) in [4.78, 5) is 47.7. The number of hydrogen-bond acceptors (Lipinski definition) is 12. The number of β-lactam (4-membered cyclic amide) rings is 1. The van der Waals surface area contributed by atoms with Crippen LogP contribution in [0.4, 0.5) is 5.13 Å². The minimum Gasteiger partial charge on any atom is -0.543 e. The van der Waals surface area contributed by atoms with Crippen molar-refractivity contribution in [1.82, 2.24) is 24.0 Å². The number of carboxylic acid groups (broad SMARTS) is 1. The van der Waals surface area contributed by atoms with E-state index in [4.69, 9.17) is 10.6 Å². The van der Waals surface area contributed by atoms with Crippen LogP contribution in [0.25, 0.3) is 5.52 Å². The number of aliphatic hydroxyl groups excluding tert-OH is 1. The number of oxime groups is 1. The fraction of sp³-hybridized carbons (Fsp3) is 0.286. The Bertz CT molecular complexity index is 1480. The predicted octanol–water partition coefficient (Wildman–Crippen LogP) is -2.39. The third-order valence-corrected chi connectivity index (χ3v) is 7.75. The number of nitrogen functional groups attached to an aromatic ring is 1. The number of fused-ring (bicyclic) bond motifs is 2. The van der Waals surface area contributed by atoms with Gasteiger partial charge < -0.3 is 35.3 Å². The van der Waals surface area contributed by atoms with Crippen molar-refractivity contribution in [1.29, 1.82) is 0 Å². The third kappa shape index (κ3) is 4.38. The maximum atomic E-state index is 13.0. The molecule has 5 rings (SSSR count). The van der Waals surface area contributed by atoms with Crippen LogP contribution in [0.2, 0.25) is 0 Å². The van der Waals surface area contributed by atoms with Crippen molar-refractivity contribution < 1.29 is 34.0 Å². The number of aliphatic carboxylic acids is 1. The first kappa shape index (κ1) is 24.7. The summed E-state index contributed by atoms with van der Waals surface area (Å²) in [5.41, 5.74) is 7.08. The quantitative estimate of drug-likeness (QED) is 0.119. The summed E-state index contributed by atoms with van der Waals surface area (Å²) < 4.78 is 7.55. The molecule has 3 aromatic rings. The molecular weight excluding hydrogens is 524 g/mol. The molecule has 1 fully saturated rings. The highest BCUT2D eigenvalue weighted by atomic mass is 32.2. The second-order valence-electron chi connectivity index (χ2n) is 8.07. The predicted molar refractivity (Wildman–Crippen MR) is 128 cm³/mol. The molecule has 14 nitrogen and oxygen atoms in total. The number of nitrogens with one attached hydrogen (secondary N) is 1. The third-order valence-electron chi connectivity index (χ3n) is 5.87. The van der Waals surface area contributed by atoms with Crippen LogP contribution in [0.3, 0.4) is 0 Å². The van der Waals surface area contributed by atoms with Gasteiger partial charge in [0.05, 0.1) is 24.5 Å². The molecular formula is C21H20N8O6S2. The summed E-state index contributed by atoms with van der Waals surface area (Å²) in [6.07, 6.45) is 7.16. The molecule has 5 heterocycles. The van der Waals surface area contributed by atoms with Crippen LogP contribution < -0.4 is 20.7 Å². The summed E-state index contributed by atoms with van der Waals surface area (Å²) in [7, 11) is 1.24. The highest BCUT2D eigenvalue weighted by Crippen LogP contribution is 2.40. The van der Waals surface area contributed by atoms with Crippen LogP contribution >= 0.6 is 23.3 Å². The Labute approximate surface area is 217 Å². The van der Waals surface area contributed by atoms with Gasteiger partial charge in [0.15, 0.2) is 24.1 Å². The topological polar surface area (TPSA) is 191 Å². The van der Waals surface area contributed by atoms with E-state index in [-0.39, 0.29) is 35.5 Å². The van der Waals surface area contributed by atoms with Gasteiger partial charge in [-0.05, 0) is 6.07 Å². The Hall–Kier alpha value is -4.02. The first-order chi connectivity index (χ1) is 17.8. The molecule has 0 saturated carbocycles. The summed E-state index contributed by atoms with van der Waals surface area (Å²) in [5.74, 6) is -2.61.